The molecular weight excluding hydrogens is 387 g/mol. The molecule has 30 heavy (non-hydrogen) atoms. The van der Waals surface area contributed by atoms with Crippen LogP contribution in [0.3, 0.4) is 0 Å². The van der Waals surface area contributed by atoms with E-state index in [-0.39, 0.29) is 18.2 Å². The lowest BCUT2D eigenvalue weighted by Gasteiger charge is -2.23. The molecule has 0 radical (unpaired) electrons. The summed E-state index contributed by atoms with van der Waals surface area (Å²) in [7, 11) is 0. The summed E-state index contributed by atoms with van der Waals surface area (Å²) in [5.41, 5.74) is 3.16. The van der Waals surface area contributed by atoms with Crippen molar-refractivity contribution in [3.05, 3.63) is 65.8 Å². The lowest BCUT2D eigenvalue weighted by molar-refractivity contribution is -0.156. The fourth-order valence-electron chi connectivity index (χ4n) is 3.60. The molecule has 156 valence electrons. The van der Waals surface area contributed by atoms with Crippen LogP contribution in [0.2, 0.25) is 0 Å². The van der Waals surface area contributed by atoms with E-state index < -0.39 is 18.2 Å². The Morgan fingerprint density at radius 3 is 2.67 bits per heavy atom. The summed E-state index contributed by atoms with van der Waals surface area (Å²) in [6.07, 6.45) is 4.32. The standard InChI is InChI=1S/C23H23FN2O4/c1-14(2)22-19(10-9-18-12-17(27)13-21(28)30-18)23(15-5-7-16(24)8-6-15)26(25-22)20-4-3-11-29-20/h3-11,14,17-18,27H,12-13H2,1-2H3/t17-,18-/m0/s1. The molecule has 2 atom stereocenters. The molecule has 0 bridgehead atoms. The minimum Gasteiger partial charge on any atom is -0.458 e. The first-order valence-corrected chi connectivity index (χ1v) is 9.91. The molecule has 6 nitrogen and oxygen atoms in total. The molecule has 0 saturated carbocycles. The number of carbonyl (C=O) groups is 1. The topological polar surface area (TPSA) is 77.5 Å². The summed E-state index contributed by atoms with van der Waals surface area (Å²) in [4.78, 5) is 11.7. The molecule has 1 N–H and O–H groups in total. The number of hydrogen-bond donors (Lipinski definition) is 1. The van der Waals surface area contributed by atoms with Gasteiger partial charge in [-0.3, -0.25) is 4.79 Å². The van der Waals surface area contributed by atoms with Crippen molar-refractivity contribution in [2.75, 3.05) is 0 Å². The Hall–Kier alpha value is -3.19. The number of ether oxygens (including phenoxy) is 1. The van der Waals surface area contributed by atoms with Gasteiger partial charge in [-0.1, -0.05) is 19.9 Å². The fraction of sp³-hybridized carbons (Fsp3) is 0.304. The highest BCUT2D eigenvalue weighted by Gasteiger charge is 2.26. The van der Waals surface area contributed by atoms with E-state index >= 15 is 0 Å². The lowest BCUT2D eigenvalue weighted by Crippen LogP contribution is -2.31. The maximum atomic E-state index is 13.5. The van der Waals surface area contributed by atoms with Crippen LogP contribution < -0.4 is 0 Å². The monoisotopic (exact) mass is 410 g/mol. The van der Waals surface area contributed by atoms with Gasteiger partial charge < -0.3 is 14.3 Å². The highest BCUT2D eigenvalue weighted by molar-refractivity contribution is 5.76. The average Bonchev–Trinajstić information content (AvgIpc) is 3.34. The van der Waals surface area contributed by atoms with Gasteiger partial charge in [-0.2, -0.15) is 9.78 Å². The largest absolute Gasteiger partial charge is 0.458 e. The van der Waals surface area contributed by atoms with Crippen molar-refractivity contribution in [3.63, 3.8) is 0 Å². The molecule has 1 aliphatic rings. The molecule has 1 fully saturated rings. The van der Waals surface area contributed by atoms with E-state index in [9.17, 15) is 14.3 Å². The van der Waals surface area contributed by atoms with Gasteiger partial charge in [0.05, 0.1) is 30.2 Å². The quantitative estimate of drug-likeness (QED) is 0.628. The first-order valence-electron chi connectivity index (χ1n) is 9.91. The van der Waals surface area contributed by atoms with Crippen LogP contribution in [0.25, 0.3) is 23.2 Å². The van der Waals surface area contributed by atoms with Crippen LogP contribution in [0.5, 0.6) is 0 Å². The second-order valence-electron chi connectivity index (χ2n) is 7.65. The molecule has 1 aromatic carbocycles. The molecule has 0 spiro atoms. The van der Waals surface area contributed by atoms with Gasteiger partial charge >= 0.3 is 5.97 Å². The van der Waals surface area contributed by atoms with Crippen LogP contribution in [0.15, 0.2) is 53.2 Å². The molecule has 7 heteroatoms. The van der Waals surface area contributed by atoms with Crippen LogP contribution in [0.4, 0.5) is 4.39 Å². The second kappa shape index (κ2) is 8.28. The normalized spacial score (nSPS) is 19.6. The SMILES string of the molecule is CC(C)c1nn(-c2ccco2)c(-c2ccc(F)cc2)c1C=C[C@H]1C[C@H](O)CC(=O)O1. The molecule has 2 aromatic heterocycles. The molecule has 4 rings (SSSR count). The van der Waals surface area contributed by atoms with E-state index in [2.05, 4.69) is 0 Å². The summed E-state index contributed by atoms with van der Waals surface area (Å²) >= 11 is 0. The third-order valence-electron chi connectivity index (χ3n) is 5.00. The van der Waals surface area contributed by atoms with Crippen molar-refractivity contribution in [2.45, 2.75) is 44.8 Å². The number of aliphatic hydroxyl groups excluding tert-OH is 1. The first-order chi connectivity index (χ1) is 14.4. The minimum absolute atomic E-state index is 0.0127. The van der Waals surface area contributed by atoms with Gasteiger partial charge in [0.2, 0.25) is 5.88 Å². The number of nitrogens with zero attached hydrogens (tertiary/aromatic N) is 2. The summed E-state index contributed by atoms with van der Waals surface area (Å²) < 4.78 is 26.2. The smallest absolute Gasteiger partial charge is 0.309 e. The van der Waals surface area contributed by atoms with Crippen molar-refractivity contribution in [1.29, 1.82) is 0 Å². The zero-order valence-electron chi connectivity index (χ0n) is 16.8. The Balaban J connectivity index is 1.84. The van der Waals surface area contributed by atoms with Crippen LogP contribution in [0.1, 0.15) is 43.9 Å². The summed E-state index contributed by atoms with van der Waals surface area (Å²) in [6.45, 7) is 4.07. The lowest BCUT2D eigenvalue weighted by atomic mass is 9.98. The van der Waals surface area contributed by atoms with E-state index in [4.69, 9.17) is 14.3 Å². The van der Waals surface area contributed by atoms with E-state index in [1.165, 1.54) is 12.1 Å². The van der Waals surface area contributed by atoms with E-state index in [1.54, 1.807) is 41.3 Å². The number of esters is 1. The highest BCUT2D eigenvalue weighted by atomic mass is 19.1. The summed E-state index contributed by atoms with van der Waals surface area (Å²) in [6, 6.07) is 9.76. The fourth-order valence-corrected chi connectivity index (χ4v) is 3.60. The van der Waals surface area contributed by atoms with Crippen molar-refractivity contribution in [1.82, 2.24) is 9.78 Å². The number of rotatable bonds is 5. The minimum atomic E-state index is -0.715. The number of cyclic esters (lactones) is 1. The van der Waals surface area contributed by atoms with Crippen molar-refractivity contribution in [2.24, 2.45) is 0 Å². The van der Waals surface area contributed by atoms with E-state index in [0.29, 0.717) is 12.3 Å². The second-order valence-corrected chi connectivity index (χ2v) is 7.65. The average molecular weight is 410 g/mol. The van der Waals surface area contributed by atoms with Gasteiger partial charge in [0.15, 0.2) is 0 Å². The van der Waals surface area contributed by atoms with Crippen molar-refractivity contribution in [3.8, 4) is 17.1 Å². The van der Waals surface area contributed by atoms with Gasteiger partial charge in [0.1, 0.15) is 11.9 Å². The van der Waals surface area contributed by atoms with Gasteiger partial charge in [0.25, 0.3) is 0 Å². The Morgan fingerprint density at radius 1 is 1.27 bits per heavy atom. The summed E-state index contributed by atoms with van der Waals surface area (Å²) in [5, 5.41) is 14.6. The molecule has 3 heterocycles. The van der Waals surface area contributed by atoms with Gasteiger partial charge in [-0.05, 0) is 42.3 Å². The van der Waals surface area contributed by atoms with Crippen LogP contribution in [-0.4, -0.2) is 33.1 Å². The third kappa shape index (κ3) is 4.07. The number of furan rings is 1. The number of aromatic nitrogens is 2. The van der Waals surface area contributed by atoms with Gasteiger partial charge in [0, 0.05) is 23.6 Å². The summed E-state index contributed by atoms with van der Waals surface area (Å²) in [5.74, 6) is -0.112. The van der Waals surface area contributed by atoms with Crippen LogP contribution in [-0.2, 0) is 9.53 Å². The molecule has 3 aromatic rings. The zero-order valence-corrected chi connectivity index (χ0v) is 16.8. The van der Waals surface area contributed by atoms with Crippen LogP contribution >= 0.6 is 0 Å². The molecule has 1 saturated heterocycles. The molecule has 0 amide bonds. The molecule has 0 unspecified atom stereocenters. The number of halogens is 1. The Kier molecular flexibility index (Phi) is 5.55. The highest BCUT2D eigenvalue weighted by Crippen LogP contribution is 2.34. The van der Waals surface area contributed by atoms with Crippen molar-refractivity contribution >= 4 is 12.0 Å². The molecular formula is C23H23FN2O4. The van der Waals surface area contributed by atoms with Crippen LogP contribution in [0, 0.1) is 5.82 Å². The maximum Gasteiger partial charge on any atom is 0.309 e. The Labute approximate surface area is 173 Å². The Morgan fingerprint density at radius 2 is 2.03 bits per heavy atom. The number of hydrogen-bond acceptors (Lipinski definition) is 5. The third-order valence-corrected chi connectivity index (χ3v) is 5.00. The number of aliphatic hydroxyl groups is 1. The van der Waals surface area contributed by atoms with Crippen molar-refractivity contribution < 1.29 is 23.4 Å². The Bertz CT molecular complexity index is 1050. The predicted molar refractivity (Wildman–Crippen MR) is 109 cm³/mol. The number of benzene rings is 1. The van der Waals surface area contributed by atoms with E-state index in [0.717, 1.165) is 22.5 Å². The van der Waals surface area contributed by atoms with E-state index in [1.807, 2.05) is 19.9 Å². The molecule has 0 aliphatic carbocycles. The molecule has 1 aliphatic heterocycles. The zero-order chi connectivity index (χ0) is 21.3. The predicted octanol–water partition coefficient (Wildman–Crippen LogP) is 4.47. The first kappa shape index (κ1) is 20.1. The van der Waals surface area contributed by atoms with Gasteiger partial charge in [-0.25, -0.2) is 4.39 Å². The van der Waals surface area contributed by atoms with Gasteiger partial charge in [-0.15, -0.1) is 0 Å². The maximum absolute atomic E-state index is 13.5. The number of carbonyl (C=O) groups excluding carboxylic acids is 1.